The molecule has 0 amide bonds. The zero-order valence-electron chi connectivity index (χ0n) is 14.3. The van der Waals surface area contributed by atoms with Gasteiger partial charge in [0.05, 0.1) is 18.8 Å². The molecule has 1 aromatic rings. The van der Waals surface area contributed by atoms with Gasteiger partial charge in [-0.05, 0) is 63.1 Å². The molecule has 0 saturated heterocycles. The van der Waals surface area contributed by atoms with Crippen molar-refractivity contribution in [3.05, 3.63) is 34.9 Å². The fraction of sp³-hybridized carbons (Fsp3) is 0.684. The average Bonchev–Trinajstić information content (AvgIpc) is 2.40. The second-order valence-electron chi connectivity index (χ2n) is 7.07. The van der Waals surface area contributed by atoms with Crippen molar-refractivity contribution >= 4 is 0 Å². The molecule has 1 aromatic carbocycles. The van der Waals surface area contributed by atoms with Crippen molar-refractivity contribution in [1.82, 2.24) is 5.32 Å². The summed E-state index contributed by atoms with van der Waals surface area (Å²) in [6, 6.07) is 6.97. The summed E-state index contributed by atoms with van der Waals surface area (Å²) in [4.78, 5) is 0. The highest BCUT2D eigenvalue weighted by atomic mass is 16.5. The summed E-state index contributed by atoms with van der Waals surface area (Å²) in [7, 11) is 2.03. The smallest absolute Gasteiger partial charge is 0.0665 e. The minimum Gasteiger partial charge on any atom is -0.376 e. The van der Waals surface area contributed by atoms with Crippen LogP contribution in [0.15, 0.2) is 18.2 Å². The second kappa shape index (κ2) is 7.42. The normalized spacial score (nSPS) is 27.6. The summed E-state index contributed by atoms with van der Waals surface area (Å²) >= 11 is 0. The maximum atomic E-state index is 6.25. The highest BCUT2D eigenvalue weighted by Crippen LogP contribution is 2.31. The van der Waals surface area contributed by atoms with Gasteiger partial charge in [0.2, 0.25) is 0 Å². The summed E-state index contributed by atoms with van der Waals surface area (Å²) in [5.74, 6) is 1.60. The molecule has 0 radical (unpaired) electrons. The molecule has 3 unspecified atom stereocenters. The molecule has 1 aliphatic carbocycles. The minimum absolute atomic E-state index is 0.290. The van der Waals surface area contributed by atoms with Crippen LogP contribution in [-0.4, -0.2) is 19.8 Å². The van der Waals surface area contributed by atoms with Crippen molar-refractivity contribution in [2.45, 2.75) is 59.1 Å². The first kappa shape index (κ1) is 16.5. The van der Waals surface area contributed by atoms with E-state index in [0.29, 0.717) is 6.10 Å². The third-order valence-electron chi connectivity index (χ3n) is 4.78. The Labute approximate surface area is 130 Å². The molecular formula is C19H31NO. The highest BCUT2D eigenvalue weighted by Gasteiger charge is 2.25. The fourth-order valence-corrected chi connectivity index (χ4v) is 3.79. The Hall–Kier alpha value is -0.860. The number of rotatable bonds is 5. The Morgan fingerprint density at radius 1 is 1.14 bits per heavy atom. The number of nitrogens with one attached hydrogen (secondary N) is 1. The molecule has 1 aliphatic rings. The van der Waals surface area contributed by atoms with Crippen LogP contribution in [0.4, 0.5) is 0 Å². The number of hydrogen-bond acceptors (Lipinski definition) is 2. The van der Waals surface area contributed by atoms with Gasteiger partial charge >= 0.3 is 0 Å². The maximum Gasteiger partial charge on any atom is 0.0665 e. The first-order valence-electron chi connectivity index (χ1n) is 8.35. The molecule has 2 heteroatoms. The SMILES string of the molecule is CNC(COC1CC(C)CC(C)C1)c1ccc(C)cc1C. The topological polar surface area (TPSA) is 21.3 Å². The van der Waals surface area contributed by atoms with Crippen molar-refractivity contribution in [3.8, 4) is 0 Å². The van der Waals surface area contributed by atoms with Crippen LogP contribution in [0.25, 0.3) is 0 Å². The first-order valence-corrected chi connectivity index (χ1v) is 8.35. The van der Waals surface area contributed by atoms with E-state index in [1.165, 1.54) is 36.0 Å². The molecule has 2 nitrogen and oxygen atoms in total. The van der Waals surface area contributed by atoms with E-state index in [1.54, 1.807) is 0 Å². The summed E-state index contributed by atoms with van der Waals surface area (Å²) in [5.41, 5.74) is 4.03. The lowest BCUT2D eigenvalue weighted by molar-refractivity contribution is -0.00853. The predicted molar refractivity (Wildman–Crippen MR) is 89.6 cm³/mol. The van der Waals surface area contributed by atoms with Gasteiger partial charge in [0.15, 0.2) is 0 Å². The predicted octanol–water partition coefficient (Wildman–Crippen LogP) is 4.41. The molecule has 1 N–H and O–H groups in total. The third-order valence-corrected chi connectivity index (χ3v) is 4.78. The van der Waals surface area contributed by atoms with Crippen LogP contribution < -0.4 is 5.32 Å². The monoisotopic (exact) mass is 289 g/mol. The molecule has 0 bridgehead atoms. The molecule has 0 aliphatic heterocycles. The Morgan fingerprint density at radius 3 is 2.38 bits per heavy atom. The molecule has 0 aromatic heterocycles. The second-order valence-corrected chi connectivity index (χ2v) is 7.07. The summed E-state index contributed by atoms with van der Waals surface area (Å²) in [5, 5.41) is 3.42. The van der Waals surface area contributed by atoms with E-state index in [1.807, 2.05) is 7.05 Å². The number of aryl methyl sites for hydroxylation is 2. The molecule has 0 heterocycles. The molecule has 0 spiro atoms. The van der Waals surface area contributed by atoms with E-state index in [9.17, 15) is 0 Å². The largest absolute Gasteiger partial charge is 0.376 e. The third kappa shape index (κ3) is 4.55. The standard InChI is InChI=1S/C19H31NO/c1-13-6-7-18(16(4)9-13)19(20-5)12-21-17-10-14(2)8-15(3)11-17/h6-7,9,14-15,17,19-20H,8,10-12H2,1-5H3. The van der Waals surface area contributed by atoms with Crippen molar-refractivity contribution in [1.29, 1.82) is 0 Å². The molecule has 118 valence electrons. The van der Waals surface area contributed by atoms with Crippen molar-refractivity contribution < 1.29 is 4.74 Å². The van der Waals surface area contributed by atoms with Gasteiger partial charge in [-0.15, -0.1) is 0 Å². The molecule has 3 atom stereocenters. The van der Waals surface area contributed by atoms with Gasteiger partial charge in [-0.3, -0.25) is 0 Å². The molecule has 2 rings (SSSR count). The van der Waals surface area contributed by atoms with Gasteiger partial charge < -0.3 is 10.1 Å². The van der Waals surface area contributed by atoms with Crippen LogP contribution in [0, 0.1) is 25.7 Å². The lowest BCUT2D eigenvalue weighted by Gasteiger charge is -2.32. The van der Waals surface area contributed by atoms with Gasteiger partial charge in [-0.25, -0.2) is 0 Å². The van der Waals surface area contributed by atoms with E-state index < -0.39 is 0 Å². The summed E-state index contributed by atoms with van der Waals surface area (Å²) in [6.45, 7) is 9.81. The lowest BCUT2D eigenvalue weighted by Crippen LogP contribution is -2.30. The van der Waals surface area contributed by atoms with Gasteiger partial charge in [0.25, 0.3) is 0 Å². The van der Waals surface area contributed by atoms with E-state index in [2.05, 4.69) is 51.2 Å². The summed E-state index contributed by atoms with van der Waals surface area (Å²) < 4.78 is 6.25. The van der Waals surface area contributed by atoms with Crippen LogP contribution in [0.2, 0.25) is 0 Å². The van der Waals surface area contributed by atoms with Crippen molar-refractivity contribution in [2.75, 3.05) is 13.7 Å². The number of likely N-dealkylation sites (N-methyl/N-ethyl adjacent to an activating group) is 1. The number of benzene rings is 1. The molecule has 1 saturated carbocycles. The minimum atomic E-state index is 0.290. The van der Waals surface area contributed by atoms with Crippen LogP contribution in [-0.2, 0) is 4.74 Å². The van der Waals surface area contributed by atoms with Crippen LogP contribution in [0.5, 0.6) is 0 Å². The summed E-state index contributed by atoms with van der Waals surface area (Å²) in [6.07, 6.45) is 4.22. The zero-order valence-corrected chi connectivity index (χ0v) is 14.3. The van der Waals surface area contributed by atoms with E-state index >= 15 is 0 Å². The maximum absolute atomic E-state index is 6.25. The van der Waals surface area contributed by atoms with Gasteiger partial charge in [-0.2, -0.15) is 0 Å². The molecule has 21 heavy (non-hydrogen) atoms. The number of ether oxygens (including phenoxy) is 1. The molecule has 1 fully saturated rings. The van der Waals surface area contributed by atoms with E-state index in [4.69, 9.17) is 4.74 Å². The van der Waals surface area contributed by atoms with Crippen LogP contribution in [0.1, 0.15) is 55.8 Å². The first-order chi connectivity index (χ1) is 9.99. The number of hydrogen-bond donors (Lipinski definition) is 1. The van der Waals surface area contributed by atoms with E-state index in [-0.39, 0.29) is 6.04 Å². The zero-order chi connectivity index (χ0) is 15.4. The average molecular weight is 289 g/mol. The van der Waals surface area contributed by atoms with Gasteiger partial charge in [0.1, 0.15) is 0 Å². The Morgan fingerprint density at radius 2 is 1.81 bits per heavy atom. The lowest BCUT2D eigenvalue weighted by atomic mass is 9.82. The quantitative estimate of drug-likeness (QED) is 0.867. The fourth-order valence-electron chi connectivity index (χ4n) is 3.79. The van der Waals surface area contributed by atoms with E-state index in [0.717, 1.165) is 18.4 Å². The Bertz CT molecular complexity index is 447. The van der Waals surface area contributed by atoms with Gasteiger partial charge in [-0.1, -0.05) is 37.6 Å². The van der Waals surface area contributed by atoms with Crippen LogP contribution >= 0.6 is 0 Å². The van der Waals surface area contributed by atoms with Crippen molar-refractivity contribution in [2.24, 2.45) is 11.8 Å². The van der Waals surface area contributed by atoms with Gasteiger partial charge in [0, 0.05) is 0 Å². The van der Waals surface area contributed by atoms with Crippen LogP contribution in [0.3, 0.4) is 0 Å². The highest BCUT2D eigenvalue weighted by molar-refractivity contribution is 5.32. The Kier molecular flexibility index (Phi) is 5.83. The Balaban J connectivity index is 1.96. The van der Waals surface area contributed by atoms with Crippen molar-refractivity contribution in [3.63, 3.8) is 0 Å². The molecular weight excluding hydrogens is 258 g/mol.